The molecule has 0 N–H and O–H groups in total. The molecule has 2 nitrogen and oxygen atoms in total. The van der Waals surface area contributed by atoms with Gasteiger partial charge in [0, 0.05) is 36.9 Å². The average molecular weight is 700 g/mol. The first kappa shape index (κ1) is 29.8. The van der Waals surface area contributed by atoms with Gasteiger partial charge in [-0.2, -0.15) is 0 Å². The van der Waals surface area contributed by atoms with Crippen LogP contribution < -0.4 is 15.3 Å². The average Bonchev–Trinajstić information content (AvgIpc) is 3.83. The number of para-hydroxylation sites is 1. The van der Waals surface area contributed by atoms with Crippen LogP contribution >= 0.6 is 11.3 Å². The highest BCUT2D eigenvalue weighted by Crippen LogP contribution is 2.46. The van der Waals surface area contributed by atoms with Gasteiger partial charge in [-0.3, -0.25) is 0 Å². The molecule has 0 aliphatic carbocycles. The number of hydrogen-bond acceptors (Lipinski definition) is 3. The molecule has 0 amide bonds. The number of nitrogens with zero attached hydrogens (tertiary/aromatic N) is 1. The number of benzene rings is 8. The Morgan fingerprint density at radius 2 is 1.23 bits per heavy atom. The van der Waals surface area contributed by atoms with E-state index in [2.05, 4.69) is 176 Å². The standard InChI is InChI=1S/C48H33NOSSi/c1-52(2)44-27-26-43-47(37-18-6-8-23-42(37)51-43)48(44)38-25-24-33(29-45(38)52)49(39-20-11-22-41-46(39)36-17-5-7-21-40(36)50-41)32-15-9-14-31(28-32)35-19-10-13-30-12-3-4-16-34(30)35/h3-29H,1-2H3. The quantitative estimate of drug-likeness (QED) is 0.170. The summed E-state index contributed by atoms with van der Waals surface area (Å²) in [6.45, 7) is 5.05. The molecule has 0 saturated carbocycles. The molecule has 11 rings (SSSR count). The summed E-state index contributed by atoms with van der Waals surface area (Å²) in [5, 5.41) is 10.6. The third-order valence-electron chi connectivity index (χ3n) is 11.2. The molecule has 10 aromatic rings. The van der Waals surface area contributed by atoms with Gasteiger partial charge >= 0.3 is 0 Å². The van der Waals surface area contributed by atoms with Crippen molar-refractivity contribution in [2.24, 2.45) is 0 Å². The lowest BCUT2D eigenvalue weighted by Crippen LogP contribution is -2.49. The lowest BCUT2D eigenvalue weighted by atomic mass is 9.97. The van der Waals surface area contributed by atoms with Gasteiger partial charge in [0.25, 0.3) is 0 Å². The van der Waals surface area contributed by atoms with Crippen molar-refractivity contribution < 1.29 is 4.42 Å². The minimum Gasteiger partial charge on any atom is -0.456 e. The van der Waals surface area contributed by atoms with Gasteiger partial charge in [-0.1, -0.05) is 122 Å². The minimum atomic E-state index is -2.06. The zero-order valence-electron chi connectivity index (χ0n) is 28.9. The van der Waals surface area contributed by atoms with Crippen molar-refractivity contribution in [3.8, 4) is 22.3 Å². The van der Waals surface area contributed by atoms with Crippen LogP contribution in [0, 0.1) is 0 Å². The molecule has 0 unspecified atom stereocenters. The Morgan fingerprint density at radius 3 is 2.15 bits per heavy atom. The Hall–Kier alpha value is -5.94. The molecular formula is C48H33NOSSi. The molecule has 0 atom stereocenters. The third-order valence-corrected chi connectivity index (χ3v) is 15.9. The minimum absolute atomic E-state index is 0.893. The van der Waals surface area contributed by atoms with Gasteiger partial charge in [0.2, 0.25) is 0 Å². The predicted octanol–water partition coefficient (Wildman–Crippen LogP) is 13.0. The Labute approximate surface area is 306 Å². The van der Waals surface area contributed by atoms with Gasteiger partial charge in [0.15, 0.2) is 0 Å². The molecule has 1 aliphatic rings. The maximum Gasteiger partial charge on any atom is 0.137 e. The highest BCUT2D eigenvalue weighted by Gasteiger charge is 2.39. The molecule has 3 heterocycles. The summed E-state index contributed by atoms with van der Waals surface area (Å²) in [4.78, 5) is 2.46. The van der Waals surface area contributed by atoms with Crippen molar-refractivity contribution in [1.82, 2.24) is 0 Å². The molecular weight excluding hydrogens is 667 g/mol. The van der Waals surface area contributed by atoms with Crippen molar-refractivity contribution in [3.63, 3.8) is 0 Å². The largest absolute Gasteiger partial charge is 0.456 e. The van der Waals surface area contributed by atoms with Crippen LogP contribution in [-0.4, -0.2) is 8.07 Å². The molecule has 8 aromatic carbocycles. The Morgan fingerprint density at radius 1 is 0.500 bits per heavy atom. The number of fused-ring (bicyclic) bond motifs is 11. The normalized spacial score (nSPS) is 13.3. The number of thiophene rings is 1. The van der Waals surface area contributed by atoms with E-state index in [1.807, 2.05) is 17.4 Å². The van der Waals surface area contributed by atoms with E-state index in [0.29, 0.717) is 0 Å². The zero-order valence-corrected chi connectivity index (χ0v) is 30.7. The number of rotatable bonds is 4. The maximum atomic E-state index is 6.46. The number of furan rings is 1. The SMILES string of the molecule is C[Si]1(C)c2cc(N(c3cccc(-c4cccc5ccccc45)c3)c3cccc4oc5ccccc5c34)ccc2-c2c1ccc1sc3ccccc3c21. The summed E-state index contributed by atoms with van der Waals surface area (Å²) < 4.78 is 9.18. The second kappa shape index (κ2) is 11.0. The van der Waals surface area contributed by atoms with E-state index in [1.165, 1.54) is 63.6 Å². The fraction of sp³-hybridized carbons (Fsp3) is 0.0417. The molecule has 4 heteroatoms. The van der Waals surface area contributed by atoms with Crippen LogP contribution in [0.25, 0.3) is 75.1 Å². The van der Waals surface area contributed by atoms with Crippen molar-refractivity contribution in [2.75, 3.05) is 4.90 Å². The molecule has 0 radical (unpaired) electrons. The molecule has 52 heavy (non-hydrogen) atoms. The van der Waals surface area contributed by atoms with Crippen LogP contribution in [0.4, 0.5) is 17.1 Å². The van der Waals surface area contributed by atoms with Crippen LogP contribution in [0.1, 0.15) is 0 Å². The van der Waals surface area contributed by atoms with Crippen molar-refractivity contribution >= 4 is 99.7 Å². The van der Waals surface area contributed by atoms with Gasteiger partial charge in [0.1, 0.15) is 19.2 Å². The van der Waals surface area contributed by atoms with Crippen LogP contribution in [0.3, 0.4) is 0 Å². The highest BCUT2D eigenvalue weighted by molar-refractivity contribution is 7.26. The van der Waals surface area contributed by atoms with Crippen molar-refractivity contribution in [3.05, 3.63) is 164 Å². The lowest BCUT2D eigenvalue weighted by Gasteiger charge is -2.28. The zero-order chi connectivity index (χ0) is 34.6. The Balaban J connectivity index is 1.17. The summed E-state index contributed by atoms with van der Waals surface area (Å²) >= 11 is 1.91. The summed E-state index contributed by atoms with van der Waals surface area (Å²) in [6, 6.07) is 60.2. The van der Waals surface area contributed by atoms with Gasteiger partial charge in [-0.05, 0) is 98.0 Å². The smallest absolute Gasteiger partial charge is 0.137 e. The fourth-order valence-corrected chi connectivity index (χ4v) is 13.0. The van der Waals surface area contributed by atoms with E-state index in [9.17, 15) is 0 Å². The van der Waals surface area contributed by atoms with Gasteiger partial charge in [-0.25, -0.2) is 0 Å². The van der Waals surface area contributed by atoms with E-state index in [1.54, 1.807) is 0 Å². The predicted molar refractivity (Wildman–Crippen MR) is 226 cm³/mol. The van der Waals surface area contributed by atoms with Crippen LogP contribution in [0.5, 0.6) is 0 Å². The van der Waals surface area contributed by atoms with E-state index < -0.39 is 8.07 Å². The third kappa shape index (κ3) is 4.22. The van der Waals surface area contributed by atoms with Crippen LogP contribution in [0.2, 0.25) is 13.1 Å². The maximum absolute atomic E-state index is 6.46. The summed E-state index contributed by atoms with van der Waals surface area (Å²) in [7, 11) is -2.06. The highest BCUT2D eigenvalue weighted by atomic mass is 32.1. The lowest BCUT2D eigenvalue weighted by molar-refractivity contribution is 0.669. The molecule has 2 aromatic heterocycles. The molecule has 0 saturated heterocycles. The van der Waals surface area contributed by atoms with Crippen LogP contribution in [-0.2, 0) is 0 Å². The number of anilines is 3. The summed E-state index contributed by atoms with van der Waals surface area (Å²) in [5.41, 5.74) is 10.4. The second-order valence-corrected chi connectivity index (χ2v) is 19.9. The Kier molecular flexibility index (Phi) is 6.31. The van der Waals surface area contributed by atoms with Crippen molar-refractivity contribution in [2.45, 2.75) is 13.1 Å². The first-order valence-corrected chi connectivity index (χ1v) is 21.7. The fourth-order valence-electron chi connectivity index (χ4n) is 8.83. The van der Waals surface area contributed by atoms with Crippen molar-refractivity contribution in [1.29, 1.82) is 0 Å². The molecule has 1 aliphatic heterocycles. The Bertz CT molecular complexity index is 3070. The monoisotopic (exact) mass is 699 g/mol. The summed E-state index contributed by atoms with van der Waals surface area (Å²) in [5.74, 6) is 0. The van der Waals surface area contributed by atoms with Gasteiger partial charge in [0.05, 0.1) is 11.1 Å². The molecule has 0 bridgehead atoms. The first-order valence-electron chi connectivity index (χ1n) is 17.9. The van der Waals surface area contributed by atoms with E-state index in [0.717, 1.165) is 39.0 Å². The van der Waals surface area contributed by atoms with Gasteiger partial charge in [-0.15, -0.1) is 11.3 Å². The van der Waals surface area contributed by atoms with E-state index in [-0.39, 0.29) is 0 Å². The molecule has 0 spiro atoms. The van der Waals surface area contributed by atoms with Gasteiger partial charge < -0.3 is 9.32 Å². The topological polar surface area (TPSA) is 16.4 Å². The van der Waals surface area contributed by atoms with Crippen LogP contribution in [0.15, 0.2) is 168 Å². The van der Waals surface area contributed by atoms with E-state index in [4.69, 9.17) is 4.42 Å². The van der Waals surface area contributed by atoms with E-state index >= 15 is 0 Å². The first-order chi connectivity index (χ1) is 25.5. The summed E-state index contributed by atoms with van der Waals surface area (Å²) in [6.07, 6.45) is 0. The molecule has 0 fully saturated rings. The number of hydrogen-bond donors (Lipinski definition) is 0. The molecule has 246 valence electrons. The second-order valence-electron chi connectivity index (χ2n) is 14.5.